The number of hydrogen-bond acceptors (Lipinski definition) is 2. The van der Waals surface area contributed by atoms with E-state index in [0.29, 0.717) is 10.0 Å². The summed E-state index contributed by atoms with van der Waals surface area (Å²) in [6.45, 7) is 0. The van der Waals surface area contributed by atoms with E-state index < -0.39 is 0 Å². The summed E-state index contributed by atoms with van der Waals surface area (Å²) in [5.41, 5.74) is 6.08. The third-order valence-electron chi connectivity index (χ3n) is 2.22. The molecule has 3 nitrogen and oxygen atoms in total. The van der Waals surface area contributed by atoms with Gasteiger partial charge in [0.15, 0.2) is 0 Å². The lowest BCUT2D eigenvalue weighted by Crippen LogP contribution is -2.10. The van der Waals surface area contributed by atoms with Crippen molar-refractivity contribution in [3.05, 3.63) is 40.4 Å². The highest BCUT2D eigenvalue weighted by Gasteiger charge is 2.03. The number of nitrogens with one attached hydrogen (secondary N) is 1. The highest BCUT2D eigenvalue weighted by atomic mass is 79.9. The summed E-state index contributed by atoms with van der Waals surface area (Å²) in [5, 5.41) is 18.7. The number of nitrogen functional groups attached to an aromatic ring is 1. The molecule has 0 spiro atoms. The Bertz CT molecular complexity index is 552. The molecule has 0 bridgehead atoms. The van der Waals surface area contributed by atoms with Gasteiger partial charge in [0.2, 0.25) is 0 Å². The Labute approximate surface area is 95.2 Å². The minimum atomic E-state index is 0.0427. The Morgan fingerprint density at radius 1 is 1.20 bits per heavy atom. The van der Waals surface area contributed by atoms with Crippen LogP contribution in [0.5, 0.6) is 5.75 Å². The lowest BCUT2D eigenvalue weighted by atomic mass is 10.1. The van der Waals surface area contributed by atoms with Gasteiger partial charge in [0, 0.05) is 5.56 Å². The molecule has 0 aromatic heterocycles. The van der Waals surface area contributed by atoms with Crippen molar-refractivity contribution in [2.24, 2.45) is 5.73 Å². The summed E-state index contributed by atoms with van der Waals surface area (Å²) >= 11 is 3.24. The fourth-order valence-corrected chi connectivity index (χ4v) is 1.79. The van der Waals surface area contributed by atoms with Gasteiger partial charge < -0.3 is 10.8 Å². The Kier molecular flexibility index (Phi) is 2.36. The summed E-state index contributed by atoms with van der Waals surface area (Å²) < 4.78 is 0.635. The van der Waals surface area contributed by atoms with Crippen molar-refractivity contribution in [1.29, 1.82) is 5.41 Å². The molecule has 76 valence electrons. The molecule has 0 radical (unpaired) electrons. The number of benzene rings is 2. The van der Waals surface area contributed by atoms with Gasteiger partial charge in [-0.15, -0.1) is 0 Å². The minimum absolute atomic E-state index is 0.0427. The maximum atomic E-state index is 9.48. The first-order valence-electron chi connectivity index (χ1n) is 4.34. The minimum Gasteiger partial charge on any atom is -0.507 e. The van der Waals surface area contributed by atoms with E-state index in [1.165, 1.54) is 0 Å². The Morgan fingerprint density at radius 3 is 2.60 bits per heavy atom. The predicted molar refractivity (Wildman–Crippen MR) is 64.3 cm³/mol. The summed E-state index contributed by atoms with van der Waals surface area (Å²) in [5.74, 6) is 0.249. The number of aromatic hydroxyl groups is 1. The molecular weight excluding hydrogens is 256 g/mol. The third kappa shape index (κ3) is 1.80. The van der Waals surface area contributed by atoms with Crippen LogP contribution in [0.4, 0.5) is 0 Å². The molecule has 2 aromatic rings. The molecular formula is C11H9BrN2O. The van der Waals surface area contributed by atoms with Gasteiger partial charge in [-0.2, -0.15) is 0 Å². The van der Waals surface area contributed by atoms with Gasteiger partial charge >= 0.3 is 0 Å². The molecule has 0 aliphatic rings. The Hall–Kier alpha value is -1.55. The maximum Gasteiger partial charge on any atom is 0.130 e. The van der Waals surface area contributed by atoms with Gasteiger partial charge in [-0.25, -0.2) is 0 Å². The van der Waals surface area contributed by atoms with Gasteiger partial charge in [0.25, 0.3) is 0 Å². The van der Waals surface area contributed by atoms with E-state index in [2.05, 4.69) is 15.9 Å². The number of phenols is 1. The fraction of sp³-hybridized carbons (Fsp3) is 0. The second kappa shape index (κ2) is 3.55. The zero-order chi connectivity index (χ0) is 11.0. The van der Waals surface area contributed by atoms with Crippen LogP contribution < -0.4 is 5.73 Å². The molecule has 0 unspecified atom stereocenters. The third-order valence-corrected chi connectivity index (χ3v) is 2.85. The van der Waals surface area contributed by atoms with Crippen molar-refractivity contribution in [1.82, 2.24) is 0 Å². The van der Waals surface area contributed by atoms with Crippen LogP contribution in [0, 0.1) is 5.41 Å². The second-order valence-electron chi connectivity index (χ2n) is 3.28. The molecule has 0 saturated carbocycles. The summed E-state index contributed by atoms with van der Waals surface area (Å²) in [6.07, 6.45) is 0. The first kappa shape index (κ1) is 9.98. The van der Waals surface area contributed by atoms with Crippen LogP contribution >= 0.6 is 15.9 Å². The average molecular weight is 265 g/mol. The molecule has 0 heterocycles. The fourth-order valence-electron chi connectivity index (χ4n) is 1.43. The topological polar surface area (TPSA) is 70.1 Å². The molecule has 2 aromatic carbocycles. The van der Waals surface area contributed by atoms with E-state index in [9.17, 15) is 5.11 Å². The van der Waals surface area contributed by atoms with Crippen molar-refractivity contribution in [3.63, 3.8) is 0 Å². The van der Waals surface area contributed by atoms with Crippen LogP contribution in [0.25, 0.3) is 10.8 Å². The van der Waals surface area contributed by atoms with Crippen LogP contribution in [-0.2, 0) is 0 Å². The smallest absolute Gasteiger partial charge is 0.130 e. The monoisotopic (exact) mass is 264 g/mol. The van der Waals surface area contributed by atoms with E-state index in [1.54, 1.807) is 18.2 Å². The largest absolute Gasteiger partial charge is 0.507 e. The molecule has 0 aliphatic heterocycles. The standard InChI is InChI=1S/C11H9BrN2O/c12-9-4-8-3-7(11(13)14)2-1-6(8)5-10(9)15/h1-5,15H,(H3,13,14). The lowest BCUT2D eigenvalue weighted by molar-refractivity contribution is 0.473. The van der Waals surface area contributed by atoms with Crippen molar-refractivity contribution in [3.8, 4) is 5.75 Å². The SMILES string of the molecule is N=C(N)c1ccc2cc(O)c(Br)cc2c1. The van der Waals surface area contributed by atoms with E-state index >= 15 is 0 Å². The van der Waals surface area contributed by atoms with Crippen LogP contribution in [0.2, 0.25) is 0 Å². The summed E-state index contributed by atoms with van der Waals surface area (Å²) in [6, 6.07) is 8.89. The van der Waals surface area contributed by atoms with Crippen molar-refractivity contribution < 1.29 is 5.11 Å². The van der Waals surface area contributed by atoms with Crippen LogP contribution in [0.15, 0.2) is 34.8 Å². The molecule has 2 rings (SSSR count). The van der Waals surface area contributed by atoms with E-state index in [-0.39, 0.29) is 11.6 Å². The number of rotatable bonds is 1. The highest BCUT2D eigenvalue weighted by Crippen LogP contribution is 2.29. The number of hydrogen-bond donors (Lipinski definition) is 3. The zero-order valence-corrected chi connectivity index (χ0v) is 9.38. The number of fused-ring (bicyclic) bond motifs is 1. The van der Waals surface area contributed by atoms with Gasteiger partial charge in [-0.3, -0.25) is 5.41 Å². The molecule has 0 atom stereocenters. The quantitative estimate of drug-likeness (QED) is 0.548. The normalized spacial score (nSPS) is 10.5. The van der Waals surface area contributed by atoms with Crippen LogP contribution in [0.3, 0.4) is 0 Å². The van der Waals surface area contributed by atoms with Crippen molar-refractivity contribution >= 4 is 32.5 Å². The predicted octanol–water partition coefficient (Wildman–Crippen LogP) is 2.59. The Balaban J connectivity index is 2.72. The Morgan fingerprint density at radius 2 is 1.93 bits per heavy atom. The zero-order valence-electron chi connectivity index (χ0n) is 7.79. The number of nitrogens with two attached hydrogens (primary N) is 1. The molecule has 0 saturated heterocycles. The first-order valence-corrected chi connectivity index (χ1v) is 5.14. The van der Waals surface area contributed by atoms with Crippen LogP contribution in [0.1, 0.15) is 5.56 Å². The molecule has 4 N–H and O–H groups in total. The van der Waals surface area contributed by atoms with Gasteiger partial charge in [0.05, 0.1) is 4.47 Å². The van der Waals surface area contributed by atoms with Gasteiger partial charge in [-0.05, 0) is 44.9 Å². The maximum absolute atomic E-state index is 9.48. The van der Waals surface area contributed by atoms with E-state index in [1.807, 2.05) is 12.1 Å². The highest BCUT2D eigenvalue weighted by molar-refractivity contribution is 9.10. The second-order valence-corrected chi connectivity index (χ2v) is 4.13. The molecule has 4 heteroatoms. The molecule has 0 aliphatic carbocycles. The van der Waals surface area contributed by atoms with Crippen molar-refractivity contribution in [2.45, 2.75) is 0 Å². The number of halogens is 1. The molecule has 15 heavy (non-hydrogen) atoms. The van der Waals surface area contributed by atoms with Gasteiger partial charge in [-0.1, -0.05) is 12.1 Å². The summed E-state index contributed by atoms with van der Waals surface area (Å²) in [4.78, 5) is 0. The number of amidine groups is 1. The van der Waals surface area contributed by atoms with Gasteiger partial charge in [0.1, 0.15) is 11.6 Å². The summed E-state index contributed by atoms with van der Waals surface area (Å²) in [7, 11) is 0. The van der Waals surface area contributed by atoms with Crippen LogP contribution in [-0.4, -0.2) is 10.9 Å². The molecule has 0 amide bonds. The number of phenolic OH excluding ortho intramolecular Hbond substituents is 1. The van der Waals surface area contributed by atoms with E-state index in [4.69, 9.17) is 11.1 Å². The van der Waals surface area contributed by atoms with Crippen molar-refractivity contribution in [2.75, 3.05) is 0 Å². The van der Waals surface area contributed by atoms with E-state index in [0.717, 1.165) is 10.8 Å². The lowest BCUT2D eigenvalue weighted by Gasteiger charge is -2.04. The average Bonchev–Trinajstić information content (AvgIpc) is 2.19. The first-order chi connectivity index (χ1) is 7.08. The molecule has 0 fully saturated rings.